The summed E-state index contributed by atoms with van der Waals surface area (Å²) in [5.41, 5.74) is -0.701. The molecule has 0 aliphatic heterocycles. The van der Waals surface area contributed by atoms with E-state index in [1.807, 2.05) is 0 Å². The first kappa shape index (κ1) is 13.0. The molecule has 0 unspecified atom stereocenters. The molecule has 0 radical (unpaired) electrons. The number of aromatic nitrogens is 1. The monoisotopic (exact) mass is 252 g/mol. The number of hydrogen-bond acceptors (Lipinski definition) is 5. The fourth-order valence-electron chi connectivity index (χ4n) is 0.940. The summed E-state index contributed by atoms with van der Waals surface area (Å²) >= 11 is 1.01. The van der Waals surface area contributed by atoms with Gasteiger partial charge >= 0.3 is 0 Å². The number of hydrogen-bond donors (Lipinski definition) is 1. The molecule has 1 N–H and O–H groups in total. The maximum Gasteiger partial charge on any atom is 0.286 e. The maximum atomic E-state index is 11.3. The van der Waals surface area contributed by atoms with Crippen molar-refractivity contribution in [2.75, 3.05) is 5.75 Å². The third-order valence-corrected chi connectivity index (χ3v) is 2.36. The number of nitrogens with zero attached hydrogens (tertiary/aromatic N) is 1. The molecule has 6 nitrogen and oxygen atoms in total. The van der Waals surface area contributed by atoms with Gasteiger partial charge in [0, 0.05) is 13.0 Å². The minimum atomic E-state index is -0.620. The molecule has 1 aromatic rings. The van der Waals surface area contributed by atoms with E-state index in [4.69, 9.17) is 0 Å². The quantitative estimate of drug-likeness (QED) is 0.480. The second-order valence-electron chi connectivity index (χ2n) is 2.94. The van der Waals surface area contributed by atoms with Crippen molar-refractivity contribution in [2.45, 2.75) is 6.92 Å². The van der Waals surface area contributed by atoms with E-state index in [9.17, 15) is 19.7 Å². The molecule has 1 aromatic heterocycles. The molecule has 1 rings (SSSR count). The molecule has 0 atom stereocenters. The van der Waals surface area contributed by atoms with Crippen molar-refractivity contribution in [2.24, 2.45) is 0 Å². The van der Waals surface area contributed by atoms with Crippen LogP contribution in [0.1, 0.15) is 12.5 Å². The topological polar surface area (TPSA) is 93.1 Å². The lowest BCUT2D eigenvalue weighted by atomic mass is 10.2. The van der Waals surface area contributed by atoms with Gasteiger partial charge in [0.2, 0.25) is 0 Å². The van der Waals surface area contributed by atoms with Crippen LogP contribution in [0.15, 0.2) is 17.1 Å². The summed E-state index contributed by atoms with van der Waals surface area (Å²) in [6, 6.07) is 1.10. The SMILES string of the molecule is CC(=O)SCC#Cc1cc([N+](=O)[O-])c[nH]c1=O. The Morgan fingerprint density at radius 1 is 1.65 bits per heavy atom. The van der Waals surface area contributed by atoms with Gasteiger partial charge in [-0.2, -0.15) is 0 Å². The lowest BCUT2D eigenvalue weighted by Gasteiger charge is -1.91. The van der Waals surface area contributed by atoms with Crippen molar-refractivity contribution in [3.63, 3.8) is 0 Å². The van der Waals surface area contributed by atoms with Crippen molar-refractivity contribution in [1.82, 2.24) is 4.98 Å². The largest absolute Gasteiger partial charge is 0.322 e. The van der Waals surface area contributed by atoms with Gasteiger partial charge in [-0.25, -0.2) is 0 Å². The van der Waals surface area contributed by atoms with Crippen LogP contribution in [0, 0.1) is 22.0 Å². The lowest BCUT2D eigenvalue weighted by molar-refractivity contribution is -0.385. The van der Waals surface area contributed by atoms with E-state index in [-0.39, 0.29) is 22.1 Å². The summed E-state index contributed by atoms with van der Waals surface area (Å²) in [5, 5.41) is 10.4. The summed E-state index contributed by atoms with van der Waals surface area (Å²) < 4.78 is 0. The molecule has 0 saturated heterocycles. The number of pyridine rings is 1. The fraction of sp³-hybridized carbons (Fsp3) is 0.200. The van der Waals surface area contributed by atoms with Crippen molar-refractivity contribution in [3.8, 4) is 11.8 Å². The zero-order valence-corrected chi connectivity index (χ0v) is 9.67. The number of H-pyrrole nitrogens is 1. The Balaban J connectivity index is 2.90. The third-order valence-electron chi connectivity index (χ3n) is 1.67. The van der Waals surface area contributed by atoms with Gasteiger partial charge < -0.3 is 4.98 Å². The highest BCUT2D eigenvalue weighted by molar-refractivity contribution is 8.13. The van der Waals surface area contributed by atoms with Gasteiger partial charge in [0.15, 0.2) is 5.12 Å². The lowest BCUT2D eigenvalue weighted by Crippen LogP contribution is -2.09. The van der Waals surface area contributed by atoms with Gasteiger partial charge in [0.25, 0.3) is 11.2 Å². The Bertz CT molecular complexity index is 568. The van der Waals surface area contributed by atoms with Crippen LogP contribution in [-0.4, -0.2) is 20.8 Å². The number of carbonyl (C=O) groups excluding carboxylic acids is 1. The molecule has 88 valence electrons. The predicted molar refractivity (Wildman–Crippen MR) is 63.7 cm³/mol. The molecule has 0 bridgehead atoms. The Morgan fingerprint density at radius 2 is 2.35 bits per heavy atom. The molecule has 0 aliphatic carbocycles. The smallest absolute Gasteiger partial charge is 0.286 e. The first-order valence-corrected chi connectivity index (χ1v) is 5.48. The highest BCUT2D eigenvalue weighted by Crippen LogP contribution is 2.07. The number of rotatable bonds is 2. The highest BCUT2D eigenvalue weighted by atomic mass is 32.2. The molecule has 1 heterocycles. The number of nitro groups is 1. The standard InChI is InChI=1S/C10H8N2O4S/c1-7(13)17-4-2-3-8-5-9(12(15)16)6-11-10(8)14/h5-6H,4H2,1H3,(H,11,14). The van der Waals surface area contributed by atoms with Gasteiger partial charge in [-0.05, 0) is 0 Å². The summed E-state index contributed by atoms with van der Waals surface area (Å²) in [7, 11) is 0. The molecular weight excluding hydrogens is 244 g/mol. The normalized spacial score (nSPS) is 9.24. The van der Waals surface area contributed by atoms with Crippen molar-refractivity contribution >= 4 is 22.6 Å². The molecule has 0 aliphatic rings. The Labute approximate surface area is 101 Å². The van der Waals surface area contributed by atoms with Crippen molar-refractivity contribution in [3.05, 3.63) is 38.3 Å². The molecule has 7 heteroatoms. The summed E-state index contributed by atoms with van der Waals surface area (Å²) in [4.78, 5) is 33.9. The first-order valence-electron chi connectivity index (χ1n) is 4.50. The Morgan fingerprint density at radius 3 is 2.94 bits per heavy atom. The van der Waals surface area contributed by atoms with Crippen molar-refractivity contribution < 1.29 is 9.72 Å². The Hall–Kier alpha value is -2.07. The zero-order valence-electron chi connectivity index (χ0n) is 8.85. The van der Waals surface area contributed by atoms with Crippen LogP contribution in [-0.2, 0) is 4.79 Å². The number of thioether (sulfide) groups is 1. The van der Waals surface area contributed by atoms with Gasteiger partial charge in [-0.1, -0.05) is 23.6 Å². The van der Waals surface area contributed by atoms with E-state index in [1.54, 1.807) is 0 Å². The van der Waals surface area contributed by atoms with E-state index in [0.717, 1.165) is 24.0 Å². The van der Waals surface area contributed by atoms with Crippen LogP contribution in [0.5, 0.6) is 0 Å². The van der Waals surface area contributed by atoms with Gasteiger partial charge in [0.1, 0.15) is 0 Å². The molecular formula is C10H8N2O4S. The van der Waals surface area contributed by atoms with Gasteiger partial charge in [-0.3, -0.25) is 19.7 Å². The molecule has 0 amide bonds. The minimum Gasteiger partial charge on any atom is -0.322 e. The van der Waals surface area contributed by atoms with Gasteiger partial charge in [-0.15, -0.1) is 0 Å². The summed E-state index contributed by atoms with van der Waals surface area (Å²) in [6.07, 6.45) is 1.01. The predicted octanol–water partition coefficient (Wildman–Crippen LogP) is 0.914. The van der Waals surface area contributed by atoms with Crippen LogP contribution in [0.3, 0.4) is 0 Å². The van der Waals surface area contributed by atoms with E-state index in [0.29, 0.717) is 0 Å². The first-order chi connectivity index (χ1) is 8.00. The summed E-state index contributed by atoms with van der Waals surface area (Å²) in [6.45, 7) is 1.41. The van der Waals surface area contributed by atoms with Crippen molar-refractivity contribution in [1.29, 1.82) is 0 Å². The molecule has 0 aromatic carbocycles. The molecule has 0 saturated carbocycles. The number of carbonyl (C=O) groups is 1. The fourth-order valence-corrected chi connectivity index (χ4v) is 1.29. The maximum absolute atomic E-state index is 11.3. The second-order valence-corrected chi connectivity index (χ2v) is 4.09. The van der Waals surface area contributed by atoms with Gasteiger partial charge in [0.05, 0.1) is 22.4 Å². The summed E-state index contributed by atoms with van der Waals surface area (Å²) in [5.74, 6) is 5.33. The van der Waals surface area contributed by atoms with Crippen LogP contribution in [0.2, 0.25) is 0 Å². The highest BCUT2D eigenvalue weighted by Gasteiger charge is 2.07. The van der Waals surface area contributed by atoms with Crippen LogP contribution in [0.25, 0.3) is 0 Å². The van der Waals surface area contributed by atoms with E-state index in [2.05, 4.69) is 16.8 Å². The average molecular weight is 252 g/mol. The van der Waals surface area contributed by atoms with E-state index >= 15 is 0 Å². The van der Waals surface area contributed by atoms with E-state index in [1.165, 1.54) is 6.92 Å². The van der Waals surface area contributed by atoms with Crippen LogP contribution < -0.4 is 5.56 Å². The second kappa shape index (κ2) is 5.86. The Kier molecular flexibility index (Phi) is 4.48. The average Bonchev–Trinajstić information content (AvgIpc) is 2.25. The molecule has 17 heavy (non-hydrogen) atoms. The molecule has 0 spiro atoms. The number of aromatic amines is 1. The van der Waals surface area contributed by atoms with Crippen LogP contribution in [0.4, 0.5) is 5.69 Å². The van der Waals surface area contributed by atoms with Crippen LogP contribution >= 0.6 is 11.8 Å². The number of nitrogens with one attached hydrogen (secondary N) is 1. The third kappa shape index (κ3) is 4.12. The molecule has 0 fully saturated rings. The zero-order chi connectivity index (χ0) is 12.8. The van der Waals surface area contributed by atoms with E-state index < -0.39 is 10.5 Å². The minimum absolute atomic E-state index is 0.0170.